The molecule has 1 amide bonds. The highest BCUT2D eigenvalue weighted by Gasteiger charge is 2.16. The molecule has 6 nitrogen and oxygen atoms in total. The fourth-order valence-corrected chi connectivity index (χ4v) is 1.61. The van der Waals surface area contributed by atoms with E-state index in [1.54, 1.807) is 5.43 Å². The van der Waals surface area contributed by atoms with E-state index < -0.39 is 11.9 Å². The molecule has 0 aromatic heterocycles. The summed E-state index contributed by atoms with van der Waals surface area (Å²) in [6.45, 7) is 2.32. The Morgan fingerprint density at radius 3 is 2.67 bits per heavy atom. The zero-order valence-corrected chi connectivity index (χ0v) is 8.62. The van der Waals surface area contributed by atoms with Crippen molar-refractivity contribution >= 4 is 11.9 Å². The lowest BCUT2D eigenvalue weighted by Crippen LogP contribution is -2.37. The molecular weight excluding hydrogens is 198 g/mol. The zero-order valence-electron chi connectivity index (χ0n) is 8.62. The SMILES string of the molecule is NNC(=O)C(=O)OCCC1CCNCC1. The maximum Gasteiger partial charge on any atom is 0.398 e. The number of carbonyl (C=O) groups excluding carboxylic acids is 2. The van der Waals surface area contributed by atoms with Crippen molar-refractivity contribution in [1.29, 1.82) is 0 Å². The van der Waals surface area contributed by atoms with Gasteiger partial charge in [-0.15, -0.1) is 0 Å². The Morgan fingerprint density at radius 2 is 2.07 bits per heavy atom. The van der Waals surface area contributed by atoms with Gasteiger partial charge in [-0.1, -0.05) is 0 Å². The van der Waals surface area contributed by atoms with E-state index in [-0.39, 0.29) is 6.61 Å². The number of hydrogen-bond donors (Lipinski definition) is 3. The number of rotatable bonds is 3. The molecule has 0 aliphatic carbocycles. The molecule has 0 unspecified atom stereocenters. The Labute approximate surface area is 88.5 Å². The van der Waals surface area contributed by atoms with Crippen LogP contribution in [0, 0.1) is 5.92 Å². The first kappa shape index (κ1) is 11.9. The van der Waals surface area contributed by atoms with Crippen LogP contribution >= 0.6 is 0 Å². The molecule has 1 fully saturated rings. The maximum absolute atomic E-state index is 10.9. The highest BCUT2D eigenvalue weighted by Crippen LogP contribution is 2.15. The zero-order chi connectivity index (χ0) is 11.1. The highest BCUT2D eigenvalue weighted by atomic mass is 16.5. The first-order valence-electron chi connectivity index (χ1n) is 5.12. The lowest BCUT2D eigenvalue weighted by atomic mass is 9.95. The fourth-order valence-electron chi connectivity index (χ4n) is 1.61. The van der Waals surface area contributed by atoms with Gasteiger partial charge in [0.1, 0.15) is 0 Å². The second kappa shape index (κ2) is 6.36. The van der Waals surface area contributed by atoms with Crippen molar-refractivity contribution in [3.05, 3.63) is 0 Å². The molecule has 6 heteroatoms. The molecule has 0 radical (unpaired) electrons. The van der Waals surface area contributed by atoms with Crippen LogP contribution in [-0.4, -0.2) is 31.6 Å². The van der Waals surface area contributed by atoms with Crippen LogP contribution in [0.15, 0.2) is 0 Å². The smallest absolute Gasteiger partial charge is 0.398 e. The van der Waals surface area contributed by atoms with Crippen molar-refractivity contribution in [2.45, 2.75) is 19.3 Å². The lowest BCUT2D eigenvalue weighted by molar-refractivity contribution is -0.155. The number of esters is 1. The van der Waals surface area contributed by atoms with Gasteiger partial charge >= 0.3 is 11.9 Å². The summed E-state index contributed by atoms with van der Waals surface area (Å²) in [4.78, 5) is 21.6. The summed E-state index contributed by atoms with van der Waals surface area (Å²) >= 11 is 0. The number of piperidine rings is 1. The lowest BCUT2D eigenvalue weighted by Gasteiger charge is -2.21. The van der Waals surface area contributed by atoms with Gasteiger partial charge in [-0.25, -0.2) is 10.6 Å². The normalized spacial score (nSPS) is 17.1. The molecular formula is C9H17N3O3. The largest absolute Gasteiger partial charge is 0.459 e. The molecule has 0 atom stereocenters. The molecule has 1 heterocycles. The Hall–Kier alpha value is -1.14. The van der Waals surface area contributed by atoms with Crippen molar-refractivity contribution in [2.75, 3.05) is 19.7 Å². The van der Waals surface area contributed by atoms with Crippen LogP contribution in [0.4, 0.5) is 0 Å². The Bertz CT molecular complexity index is 227. The van der Waals surface area contributed by atoms with Crippen molar-refractivity contribution in [3.63, 3.8) is 0 Å². The average Bonchev–Trinajstić information content (AvgIpc) is 2.29. The summed E-state index contributed by atoms with van der Waals surface area (Å²) in [6.07, 6.45) is 3.01. The van der Waals surface area contributed by atoms with E-state index in [2.05, 4.69) is 5.32 Å². The number of amides is 1. The van der Waals surface area contributed by atoms with Crippen molar-refractivity contribution < 1.29 is 14.3 Å². The van der Waals surface area contributed by atoms with Gasteiger partial charge in [0, 0.05) is 0 Å². The number of carbonyl (C=O) groups is 2. The Kier molecular flexibility index (Phi) is 5.06. The molecule has 0 aromatic carbocycles. The molecule has 1 aliphatic heterocycles. The van der Waals surface area contributed by atoms with Crippen LogP contribution in [0.25, 0.3) is 0 Å². The molecule has 0 aromatic rings. The fraction of sp³-hybridized carbons (Fsp3) is 0.778. The third kappa shape index (κ3) is 4.26. The van der Waals surface area contributed by atoms with E-state index in [0.717, 1.165) is 32.4 Å². The average molecular weight is 215 g/mol. The van der Waals surface area contributed by atoms with E-state index in [1.807, 2.05) is 0 Å². The van der Waals surface area contributed by atoms with Gasteiger partial charge in [0.2, 0.25) is 0 Å². The third-order valence-electron chi connectivity index (χ3n) is 2.53. The standard InChI is InChI=1S/C9H17N3O3/c10-12-8(13)9(14)15-6-3-7-1-4-11-5-2-7/h7,11H,1-6,10H2,(H,12,13). The third-order valence-corrected chi connectivity index (χ3v) is 2.53. The van der Waals surface area contributed by atoms with Gasteiger partial charge in [0.05, 0.1) is 6.61 Å². The molecule has 15 heavy (non-hydrogen) atoms. The molecule has 0 spiro atoms. The number of nitrogens with one attached hydrogen (secondary N) is 2. The minimum absolute atomic E-state index is 0.289. The van der Waals surface area contributed by atoms with Crippen LogP contribution in [0.5, 0.6) is 0 Å². The minimum atomic E-state index is -0.911. The summed E-state index contributed by atoms with van der Waals surface area (Å²) < 4.78 is 4.75. The monoisotopic (exact) mass is 215 g/mol. The number of ether oxygens (including phenoxy) is 1. The molecule has 1 saturated heterocycles. The van der Waals surface area contributed by atoms with Crippen LogP contribution in [-0.2, 0) is 14.3 Å². The summed E-state index contributed by atoms with van der Waals surface area (Å²) in [5, 5.41) is 3.25. The predicted octanol–water partition coefficient (Wildman–Crippen LogP) is -1.09. The van der Waals surface area contributed by atoms with Crippen LogP contribution < -0.4 is 16.6 Å². The molecule has 4 N–H and O–H groups in total. The summed E-state index contributed by atoms with van der Waals surface area (Å²) in [6, 6.07) is 0. The second-order valence-electron chi connectivity index (χ2n) is 3.59. The van der Waals surface area contributed by atoms with Crippen LogP contribution in [0.2, 0.25) is 0 Å². The van der Waals surface area contributed by atoms with E-state index in [1.165, 1.54) is 0 Å². The van der Waals surface area contributed by atoms with E-state index >= 15 is 0 Å². The van der Waals surface area contributed by atoms with E-state index in [9.17, 15) is 9.59 Å². The first-order valence-corrected chi connectivity index (χ1v) is 5.12. The van der Waals surface area contributed by atoms with Crippen LogP contribution in [0.1, 0.15) is 19.3 Å². The minimum Gasteiger partial charge on any atom is -0.459 e. The van der Waals surface area contributed by atoms with Crippen LogP contribution in [0.3, 0.4) is 0 Å². The summed E-state index contributed by atoms with van der Waals surface area (Å²) in [7, 11) is 0. The predicted molar refractivity (Wildman–Crippen MR) is 53.5 cm³/mol. The van der Waals surface area contributed by atoms with Crippen molar-refractivity contribution in [3.8, 4) is 0 Å². The summed E-state index contributed by atoms with van der Waals surface area (Å²) in [5.74, 6) is 3.55. The maximum atomic E-state index is 10.9. The van der Waals surface area contributed by atoms with Gasteiger partial charge in [-0.05, 0) is 38.3 Å². The van der Waals surface area contributed by atoms with Gasteiger partial charge in [0.15, 0.2) is 0 Å². The second-order valence-corrected chi connectivity index (χ2v) is 3.59. The van der Waals surface area contributed by atoms with Gasteiger partial charge < -0.3 is 10.1 Å². The molecule has 0 bridgehead atoms. The number of hydrogen-bond acceptors (Lipinski definition) is 5. The van der Waals surface area contributed by atoms with Gasteiger partial charge in [0.25, 0.3) is 0 Å². The molecule has 1 rings (SSSR count). The molecule has 1 aliphatic rings. The van der Waals surface area contributed by atoms with Crippen molar-refractivity contribution in [1.82, 2.24) is 10.7 Å². The van der Waals surface area contributed by atoms with Crippen molar-refractivity contribution in [2.24, 2.45) is 11.8 Å². The van der Waals surface area contributed by atoms with Gasteiger partial charge in [-0.2, -0.15) is 0 Å². The quantitative estimate of drug-likeness (QED) is 0.183. The van der Waals surface area contributed by atoms with Gasteiger partial charge in [-0.3, -0.25) is 10.2 Å². The Balaban J connectivity index is 2.09. The molecule has 0 saturated carbocycles. The van der Waals surface area contributed by atoms with E-state index in [4.69, 9.17) is 10.6 Å². The first-order chi connectivity index (χ1) is 7.24. The number of nitrogens with two attached hydrogens (primary N) is 1. The summed E-state index contributed by atoms with van der Waals surface area (Å²) in [5.41, 5.74) is 1.73. The highest BCUT2D eigenvalue weighted by molar-refractivity contribution is 6.32. The topological polar surface area (TPSA) is 93.5 Å². The Morgan fingerprint density at radius 1 is 1.40 bits per heavy atom. The number of hydrazine groups is 1. The van der Waals surface area contributed by atoms with E-state index in [0.29, 0.717) is 5.92 Å². The molecule has 86 valence electrons.